The van der Waals surface area contributed by atoms with E-state index in [4.69, 9.17) is 4.74 Å². The number of anilines is 1. The lowest BCUT2D eigenvalue weighted by molar-refractivity contribution is 0.250. The van der Waals surface area contributed by atoms with Crippen molar-refractivity contribution in [1.82, 2.24) is 4.90 Å². The lowest BCUT2D eigenvalue weighted by Crippen LogP contribution is -2.46. The minimum Gasteiger partial charge on any atom is -0.504 e. The lowest BCUT2D eigenvalue weighted by Gasteiger charge is -2.37. The molecular weight excluding hydrogens is 376 g/mol. The highest BCUT2D eigenvalue weighted by Gasteiger charge is 2.20. The van der Waals surface area contributed by atoms with Crippen molar-refractivity contribution in [3.05, 3.63) is 65.9 Å². The Balaban J connectivity index is 1.71. The van der Waals surface area contributed by atoms with E-state index in [-0.39, 0.29) is 0 Å². The predicted octanol–water partition coefficient (Wildman–Crippen LogP) is 5.91. The standard InChI is InChI=1S/C25H34N2OS/c1-4-9-21(2)29-25-13-8-12-24(23(25)14-19-28-3)27-17-15-26(16-18-27)20-22-10-6-5-7-11-22/h5-8,10-14,19,21H,4,9,15-18,20H2,1-3H3/t21-/m0/s1. The summed E-state index contributed by atoms with van der Waals surface area (Å²) in [7, 11) is 1.72. The third-order valence-electron chi connectivity index (χ3n) is 5.40. The molecule has 3 rings (SSSR count). The minimum absolute atomic E-state index is 0.618. The molecule has 0 aliphatic carbocycles. The number of benzene rings is 2. The molecule has 1 fully saturated rings. The van der Waals surface area contributed by atoms with Crippen molar-refractivity contribution in [2.24, 2.45) is 0 Å². The van der Waals surface area contributed by atoms with Crippen LogP contribution in [-0.4, -0.2) is 43.4 Å². The summed E-state index contributed by atoms with van der Waals surface area (Å²) in [6.07, 6.45) is 6.40. The van der Waals surface area contributed by atoms with Gasteiger partial charge in [-0.3, -0.25) is 4.90 Å². The Kier molecular flexibility index (Phi) is 8.51. The lowest BCUT2D eigenvalue weighted by atomic mass is 10.1. The van der Waals surface area contributed by atoms with Crippen LogP contribution in [0.25, 0.3) is 6.08 Å². The third kappa shape index (κ3) is 6.28. The van der Waals surface area contributed by atoms with Crippen molar-refractivity contribution in [2.45, 2.75) is 43.4 Å². The van der Waals surface area contributed by atoms with Crippen LogP contribution in [0.1, 0.15) is 37.8 Å². The van der Waals surface area contributed by atoms with E-state index in [1.54, 1.807) is 13.4 Å². The average molecular weight is 411 g/mol. The van der Waals surface area contributed by atoms with Gasteiger partial charge in [-0.1, -0.05) is 56.7 Å². The van der Waals surface area contributed by atoms with Crippen molar-refractivity contribution in [2.75, 3.05) is 38.2 Å². The molecule has 0 aromatic heterocycles. The Labute approximate surface area is 180 Å². The highest BCUT2D eigenvalue weighted by Crippen LogP contribution is 2.36. The first kappa shape index (κ1) is 21.8. The molecule has 0 N–H and O–H groups in total. The highest BCUT2D eigenvalue weighted by atomic mass is 32.2. The molecule has 0 amide bonds. The smallest absolute Gasteiger partial charge is 0.0831 e. The fraction of sp³-hybridized carbons (Fsp3) is 0.440. The second-order valence-corrected chi connectivity index (χ2v) is 9.17. The maximum absolute atomic E-state index is 5.26. The Bertz CT molecular complexity index is 770. The molecule has 0 unspecified atom stereocenters. The molecule has 156 valence electrons. The zero-order valence-electron chi connectivity index (χ0n) is 18.0. The number of ether oxygens (including phenoxy) is 1. The van der Waals surface area contributed by atoms with Gasteiger partial charge >= 0.3 is 0 Å². The van der Waals surface area contributed by atoms with E-state index < -0.39 is 0 Å². The first-order chi connectivity index (χ1) is 14.2. The molecule has 0 bridgehead atoms. The fourth-order valence-corrected chi connectivity index (χ4v) is 5.13. The average Bonchev–Trinajstić information content (AvgIpc) is 2.74. The topological polar surface area (TPSA) is 15.7 Å². The van der Waals surface area contributed by atoms with E-state index in [1.807, 2.05) is 11.8 Å². The summed E-state index contributed by atoms with van der Waals surface area (Å²) in [5, 5.41) is 0.618. The number of hydrogen-bond donors (Lipinski definition) is 0. The molecule has 29 heavy (non-hydrogen) atoms. The fourth-order valence-electron chi connectivity index (χ4n) is 3.89. The zero-order chi connectivity index (χ0) is 20.5. The number of methoxy groups -OCH3 is 1. The molecule has 0 spiro atoms. The second kappa shape index (κ2) is 11.3. The molecule has 2 aromatic carbocycles. The number of nitrogens with zero attached hydrogens (tertiary/aromatic N) is 2. The SMILES string of the molecule is CCC[C@H](C)Sc1cccc(N2CCN(Cc3ccccc3)CC2)c1C=COC. The van der Waals surface area contributed by atoms with Gasteiger partial charge in [-0.25, -0.2) is 0 Å². The van der Waals surface area contributed by atoms with E-state index >= 15 is 0 Å². The van der Waals surface area contributed by atoms with Crippen LogP contribution < -0.4 is 4.90 Å². The number of thioether (sulfide) groups is 1. The van der Waals surface area contributed by atoms with Crippen LogP contribution in [0, 0.1) is 0 Å². The van der Waals surface area contributed by atoms with Crippen LogP contribution in [-0.2, 0) is 11.3 Å². The number of piperazine rings is 1. The van der Waals surface area contributed by atoms with Gasteiger partial charge in [0.25, 0.3) is 0 Å². The summed E-state index contributed by atoms with van der Waals surface area (Å²) in [6.45, 7) is 9.91. The van der Waals surface area contributed by atoms with Gasteiger partial charge in [0.05, 0.1) is 13.4 Å². The number of rotatable bonds is 9. The van der Waals surface area contributed by atoms with Crippen LogP contribution in [0.4, 0.5) is 5.69 Å². The summed E-state index contributed by atoms with van der Waals surface area (Å²) in [5.74, 6) is 0. The van der Waals surface area contributed by atoms with Crippen molar-refractivity contribution in [3.8, 4) is 0 Å². The predicted molar refractivity (Wildman–Crippen MR) is 127 cm³/mol. The summed E-state index contributed by atoms with van der Waals surface area (Å²) >= 11 is 1.98. The molecule has 0 saturated carbocycles. The molecule has 0 radical (unpaired) electrons. The molecule has 1 aliphatic rings. The van der Waals surface area contributed by atoms with E-state index in [9.17, 15) is 0 Å². The second-order valence-electron chi connectivity index (χ2n) is 7.69. The third-order valence-corrected chi connectivity index (χ3v) is 6.65. The first-order valence-electron chi connectivity index (χ1n) is 10.7. The van der Waals surface area contributed by atoms with E-state index in [1.165, 1.54) is 34.6 Å². The summed E-state index contributed by atoms with van der Waals surface area (Å²) in [5.41, 5.74) is 4.01. The van der Waals surface area contributed by atoms with Gasteiger partial charge in [0.2, 0.25) is 0 Å². The molecule has 4 heteroatoms. The van der Waals surface area contributed by atoms with Crippen LogP contribution in [0.3, 0.4) is 0 Å². The highest BCUT2D eigenvalue weighted by molar-refractivity contribution is 8.00. The molecule has 1 heterocycles. The van der Waals surface area contributed by atoms with Gasteiger partial charge < -0.3 is 9.64 Å². The van der Waals surface area contributed by atoms with Gasteiger partial charge in [0.15, 0.2) is 0 Å². The van der Waals surface area contributed by atoms with Crippen LogP contribution >= 0.6 is 11.8 Å². The Morgan fingerprint density at radius 1 is 1.03 bits per heavy atom. The summed E-state index contributed by atoms with van der Waals surface area (Å²) in [6, 6.07) is 17.5. The van der Waals surface area contributed by atoms with Gasteiger partial charge in [-0.15, -0.1) is 11.8 Å². The first-order valence-corrected chi connectivity index (χ1v) is 11.6. The van der Waals surface area contributed by atoms with Crippen molar-refractivity contribution < 1.29 is 4.74 Å². The van der Waals surface area contributed by atoms with Crippen LogP contribution in [0.5, 0.6) is 0 Å². The normalized spacial score (nSPS) is 16.3. The van der Waals surface area contributed by atoms with Gasteiger partial charge in [-0.2, -0.15) is 0 Å². The van der Waals surface area contributed by atoms with Gasteiger partial charge in [0.1, 0.15) is 0 Å². The maximum atomic E-state index is 5.26. The number of hydrogen-bond acceptors (Lipinski definition) is 4. The van der Waals surface area contributed by atoms with Gasteiger partial charge in [-0.05, 0) is 30.2 Å². The Hall–Kier alpha value is -1.91. The minimum atomic E-state index is 0.618. The van der Waals surface area contributed by atoms with Gasteiger partial charge in [0, 0.05) is 54.1 Å². The maximum Gasteiger partial charge on any atom is 0.0831 e. The van der Waals surface area contributed by atoms with Crippen LogP contribution in [0.15, 0.2) is 59.7 Å². The molecule has 1 aliphatic heterocycles. The summed E-state index contributed by atoms with van der Waals surface area (Å²) < 4.78 is 5.26. The molecule has 2 aromatic rings. The monoisotopic (exact) mass is 410 g/mol. The van der Waals surface area contributed by atoms with Crippen LogP contribution in [0.2, 0.25) is 0 Å². The van der Waals surface area contributed by atoms with E-state index in [2.05, 4.69) is 78.3 Å². The van der Waals surface area contributed by atoms with E-state index in [0.717, 1.165) is 32.7 Å². The zero-order valence-corrected chi connectivity index (χ0v) is 18.8. The Morgan fingerprint density at radius 2 is 1.79 bits per heavy atom. The Morgan fingerprint density at radius 3 is 2.48 bits per heavy atom. The largest absolute Gasteiger partial charge is 0.504 e. The van der Waals surface area contributed by atoms with E-state index in [0.29, 0.717) is 5.25 Å². The molecular formula is C25H34N2OS. The molecule has 1 atom stereocenters. The summed E-state index contributed by atoms with van der Waals surface area (Å²) in [4.78, 5) is 6.44. The van der Waals surface area contributed by atoms with Crippen molar-refractivity contribution >= 4 is 23.5 Å². The molecule has 1 saturated heterocycles. The van der Waals surface area contributed by atoms with Crippen molar-refractivity contribution in [3.63, 3.8) is 0 Å². The van der Waals surface area contributed by atoms with Crippen molar-refractivity contribution in [1.29, 1.82) is 0 Å². The quantitative estimate of drug-likeness (QED) is 0.377. The molecule has 3 nitrogen and oxygen atoms in total.